The summed E-state index contributed by atoms with van der Waals surface area (Å²) < 4.78 is 5.13. The Morgan fingerprint density at radius 1 is 1.43 bits per heavy atom. The van der Waals surface area contributed by atoms with Crippen LogP contribution in [0.2, 0.25) is 0 Å². The first-order valence-electron chi connectivity index (χ1n) is 8.10. The van der Waals surface area contributed by atoms with E-state index in [4.69, 9.17) is 4.74 Å². The van der Waals surface area contributed by atoms with Crippen molar-refractivity contribution in [3.63, 3.8) is 0 Å². The minimum absolute atomic E-state index is 0.392. The third-order valence-electron chi connectivity index (χ3n) is 3.87. The van der Waals surface area contributed by atoms with Crippen LogP contribution in [-0.2, 0) is 9.53 Å². The number of likely N-dealkylation sites (tertiary alicyclic amines) is 1. The quantitative estimate of drug-likeness (QED) is 0.556. The smallest absolute Gasteiger partial charge is 0.257 e. The lowest BCUT2D eigenvalue weighted by Crippen LogP contribution is -2.45. The number of rotatable bonds is 7. The number of aliphatic hydroxyl groups is 2. The molecule has 0 aromatic rings. The molecule has 0 bridgehead atoms. The van der Waals surface area contributed by atoms with Gasteiger partial charge in [0.1, 0.15) is 6.10 Å². The van der Waals surface area contributed by atoms with Gasteiger partial charge in [-0.25, -0.2) is 0 Å². The molecular formula is C18H29NO4. The van der Waals surface area contributed by atoms with Crippen molar-refractivity contribution in [3.05, 3.63) is 35.5 Å². The summed E-state index contributed by atoms with van der Waals surface area (Å²) in [6.07, 6.45) is 7.31. The highest BCUT2D eigenvalue weighted by atomic mass is 16.5. The van der Waals surface area contributed by atoms with Crippen molar-refractivity contribution in [2.45, 2.75) is 58.5 Å². The van der Waals surface area contributed by atoms with E-state index < -0.39 is 24.3 Å². The van der Waals surface area contributed by atoms with E-state index in [0.29, 0.717) is 19.4 Å². The minimum atomic E-state index is -1.21. The summed E-state index contributed by atoms with van der Waals surface area (Å²) >= 11 is 0. The number of aliphatic hydroxyl groups excluding tert-OH is 2. The maximum absolute atomic E-state index is 12.3. The molecule has 1 amide bonds. The summed E-state index contributed by atoms with van der Waals surface area (Å²) in [7, 11) is 1.45. The fourth-order valence-electron chi connectivity index (χ4n) is 2.67. The average Bonchev–Trinajstić information content (AvgIpc) is 2.87. The van der Waals surface area contributed by atoms with Crippen LogP contribution in [0, 0.1) is 0 Å². The normalized spacial score (nSPS) is 24.5. The van der Waals surface area contributed by atoms with E-state index >= 15 is 0 Å². The molecule has 0 spiro atoms. The van der Waals surface area contributed by atoms with Crippen LogP contribution in [0.5, 0.6) is 0 Å². The minimum Gasteiger partial charge on any atom is -0.388 e. The Hall–Kier alpha value is -1.43. The molecule has 0 aromatic heterocycles. The molecule has 1 aliphatic rings. The van der Waals surface area contributed by atoms with E-state index in [2.05, 4.69) is 13.0 Å². The number of methoxy groups -OCH3 is 1. The van der Waals surface area contributed by atoms with Gasteiger partial charge in [-0.2, -0.15) is 0 Å². The summed E-state index contributed by atoms with van der Waals surface area (Å²) in [5, 5.41) is 19.9. The molecule has 130 valence electrons. The Bertz CT molecular complexity index is 481. The van der Waals surface area contributed by atoms with Gasteiger partial charge in [-0.15, -0.1) is 0 Å². The standard InChI is InChI=1S/C18H29NO4/c1-5-7-13(2)8-6-9-14(3)12-16(21)17(22)19-11-10-15(20)18(19)23-4/h6-8,12,15-16,18,20-21H,5,9-11H2,1-4H3. The molecule has 2 N–H and O–H groups in total. The summed E-state index contributed by atoms with van der Waals surface area (Å²) in [6, 6.07) is 0. The molecule has 1 fully saturated rings. The second kappa shape index (κ2) is 9.65. The van der Waals surface area contributed by atoms with E-state index in [1.54, 1.807) is 6.08 Å². The third kappa shape index (κ3) is 5.94. The molecule has 1 saturated heterocycles. The van der Waals surface area contributed by atoms with E-state index in [1.165, 1.54) is 17.6 Å². The number of hydrogen-bond acceptors (Lipinski definition) is 4. The molecule has 0 radical (unpaired) electrons. The second-order valence-electron chi connectivity index (χ2n) is 5.93. The topological polar surface area (TPSA) is 70.0 Å². The number of ether oxygens (including phenoxy) is 1. The predicted octanol–water partition coefficient (Wildman–Crippen LogP) is 2.16. The number of carbonyl (C=O) groups excluding carboxylic acids is 1. The second-order valence-corrected chi connectivity index (χ2v) is 5.93. The highest BCUT2D eigenvalue weighted by Gasteiger charge is 2.37. The Morgan fingerprint density at radius 2 is 2.13 bits per heavy atom. The monoisotopic (exact) mass is 323 g/mol. The number of amides is 1. The molecule has 0 aliphatic carbocycles. The molecule has 5 nitrogen and oxygen atoms in total. The lowest BCUT2D eigenvalue weighted by atomic mass is 10.1. The van der Waals surface area contributed by atoms with Gasteiger partial charge in [0, 0.05) is 13.7 Å². The van der Waals surface area contributed by atoms with Crippen LogP contribution in [0.15, 0.2) is 35.5 Å². The molecular weight excluding hydrogens is 294 g/mol. The molecule has 0 saturated carbocycles. The Morgan fingerprint density at radius 3 is 2.74 bits per heavy atom. The fraction of sp³-hybridized carbons (Fsp3) is 0.611. The maximum Gasteiger partial charge on any atom is 0.257 e. The van der Waals surface area contributed by atoms with Crippen molar-refractivity contribution in [1.82, 2.24) is 4.90 Å². The van der Waals surface area contributed by atoms with Crippen LogP contribution >= 0.6 is 0 Å². The van der Waals surface area contributed by atoms with E-state index in [9.17, 15) is 15.0 Å². The molecule has 5 heteroatoms. The highest BCUT2D eigenvalue weighted by Crippen LogP contribution is 2.20. The van der Waals surface area contributed by atoms with Crippen LogP contribution in [0.1, 0.15) is 40.0 Å². The van der Waals surface area contributed by atoms with Gasteiger partial charge in [-0.3, -0.25) is 4.79 Å². The molecule has 3 atom stereocenters. The number of carbonyl (C=O) groups is 1. The van der Waals surface area contributed by atoms with Gasteiger partial charge in [-0.05, 0) is 39.2 Å². The lowest BCUT2D eigenvalue weighted by Gasteiger charge is -2.26. The summed E-state index contributed by atoms with van der Waals surface area (Å²) in [5.74, 6) is -0.432. The zero-order valence-electron chi connectivity index (χ0n) is 14.5. The molecule has 1 aliphatic heterocycles. The van der Waals surface area contributed by atoms with Crippen molar-refractivity contribution in [3.8, 4) is 0 Å². The first-order valence-corrected chi connectivity index (χ1v) is 8.10. The Kier molecular flexibility index (Phi) is 8.23. The van der Waals surface area contributed by atoms with E-state index in [-0.39, 0.29) is 0 Å². The lowest BCUT2D eigenvalue weighted by molar-refractivity contribution is -0.151. The van der Waals surface area contributed by atoms with Crippen molar-refractivity contribution in [2.75, 3.05) is 13.7 Å². The van der Waals surface area contributed by atoms with Gasteiger partial charge in [0.2, 0.25) is 0 Å². The van der Waals surface area contributed by atoms with Crippen LogP contribution in [0.25, 0.3) is 0 Å². The zero-order valence-corrected chi connectivity index (χ0v) is 14.5. The first kappa shape index (κ1) is 19.6. The SMILES string of the molecule is CCC=C(C)C=CCC(C)=CC(O)C(=O)N1CCC(O)C1OC. The van der Waals surface area contributed by atoms with Crippen LogP contribution in [0.4, 0.5) is 0 Å². The summed E-state index contributed by atoms with van der Waals surface area (Å²) in [4.78, 5) is 13.7. The zero-order chi connectivity index (χ0) is 17.4. The molecule has 1 heterocycles. The van der Waals surface area contributed by atoms with Crippen molar-refractivity contribution in [2.24, 2.45) is 0 Å². The van der Waals surface area contributed by atoms with Crippen LogP contribution in [0.3, 0.4) is 0 Å². The van der Waals surface area contributed by atoms with Gasteiger partial charge in [-0.1, -0.05) is 36.3 Å². The van der Waals surface area contributed by atoms with Crippen molar-refractivity contribution in [1.29, 1.82) is 0 Å². The summed E-state index contributed by atoms with van der Waals surface area (Å²) in [5.41, 5.74) is 2.12. The fourth-order valence-corrected chi connectivity index (χ4v) is 2.67. The van der Waals surface area contributed by atoms with Gasteiger partial charge < -0.3 is 19.8 Å². The predicted molar refractivity (Wildman–Crippen MR) is 90.7 cm³/mol. The third-order valence-corrected chi connectivity index (χ3v) is 3.87. The molecule has 23 heavy (non-hydrogen) atoms. The van der Waals surface area contributed by atoms with Crippen LogP contribution in [-0.4, -0.2) is 53.1 Å². The van der Waals surface area contributed by atoms with Gasteiger partial charge in [0.25, 0.3) is 5.91 Å². The molecule has 0 aromatic carbocycles. The van der Waals surface area contributed by atoms with Gasteiger partial charge in [0.15, 0.2) is 12.3 Å². The molecule has 3 unspecified atom stereocenters. The largest absolute Gasteiger partial charge is 0.388 e. The van der Waals surface area contributed by atoms with Gasteiger partial charge >= 0.3 is 0 Å². The number of nitrogens with zero attached hydrogens (tertiary/aromatic N) is 1. The average molecular weight is 323 g/mol. The molecule has 1 rings (SSSR count). The number of hydrogen-bond donors (Lipinski definition) is 2. The van der Waals surface area contributed by atoms with E-state index in [0.717, 1.165) is 12.0 Å². The Balaban J connectivity index is 2.61. The Labute approximate surface area is 138 Å². The maximum atomic E-state index is 12.3. The highest BCUT2D eigenvalue weighted by molar-refractivity contribution is 5.83. The van der Waals surface area contributed by atoms with E-state index in [1.807, 2.05) is 26.0 Å². The van der Waals surface area contributed by atoms with Crippen molar-refractivity contribution >= 4 is 5.91 Å². The number of allylic oxidation sites excluding steroid dienone is 5. The first-order chi connectivity index (χ1) is 10.9. The van der Waals surface area contributed by atoms with Crippen molar-refractivity contribution < 1.29 is 19.7 Å². The van der Waals surface area contributed by atoms with Gasteiger partial charge in [0.05, 0.1) is 0 Å². The van der Waals surface area contributed by atoms with Crippen LogP contribution < -0.4 is 0 Å². The summed E-state index contributed by atoms with van der Waals surface area (Å²) in [6.45, 7) is 6.41.